The van der Waals surface area contributed by atoms with Crippen molar-refractivity contribution in [2.45, 2.75) is 73.1 Å². The number of aromatic hydroxyl groups is 1. The van der Waals surface area contributed by atoms with Crippen LogP contribution >= 0.6 is 0 Å². The van der Waals surface area contributed by atoms with E-state index in [0.717, 1.165) is 72.5 Å². The molecule has 0 radical (unpaired) electrons. The van der Waals surface area contributed by atoms with Gasteiger partial charge in [0.25, 0.3) is 0 Å². The van der Waals surface area contributed by atoms with E-state index in [1.807, 2.05) is 116 Å². The Kier molecular flexibility index (Phi) is 10.9. The first-order chi connectivity index (χ1) is 31.4. The molecule has 1 N–H and O–H groups in total. The molecule has 0 saturated heterocycles. The third-order valence-corrected chi connectivity index (χ3v) is 12.0. The first-order valence-electron chi connectivity index (χ1n) is 23.1. The summed E-state index contributed by atoms with van der Waals surface area (Å²) in [5.74, 6) is 0.523. The number of phenols is 1. The Labute approximate surface area is 397 Å². The summed E-state index contributed by atoms with van der Waals surface area (Å²) in [6.45, 7) is 14.5. The average molecular weight is 1020 g/mol. The summed E-state index contributed by atoms with van der Waals surface area (Å²) in [7, 11) is 0. The Hall–Kier alpha value is -6.35. The average Bonchev–Trinajstić information content (AvgIpc) is 3.69. The second-order valence-electron chi connectivity index (χ2n) is 18.7. The van der Waals surface area contributed by atoms with Crippen molar-refractivity contribution in [2.24, 2.45) is 0 Å². The van der Waals surface area contributed by atoms with Crippen LogP contribution in [-0.4, -0.2) is 19.6 Å². The van der Waals surface area contributed by atoms with Crippen molar-refractivity contribution in [3.05, 3.63) is 192 Å². The number of para-hydroxylation sites is 1. The van der Waals surface area contributed by atoms with Gasteiger partial charge in [0, 0.05) is 37.1 Å². The van der Waals surface area contributed by atoms with Gasteiger partial charge in [0.1, 0.15) is 11.6 Å². The van der Waals surface area contributed by atoms with Gasteiger partial charge in [-0.25, -0.2) is 4.98 Å². The molecule has 0 fully saturated rings. The zero-order chi connectivity index (χ0) is 46.7. The van der Waals surface area contributed by atoms with Crippen molar-refractivity contribution in [3.8, 4) is 78.6 Å². The molecule has 5 heteroatoms. The Balaban J connectivity index is 0.00000608. The number of phenolic OH excluding ortho intramolecular Hbond substituents is 1. The van der Waals surface area contributed by atoms with E-state index in [4.69, 9.17) is 14.1 Å². The fourth-order valence-corrected chi connectivity index (χ4v) is 8.78. The third kappa shape index (κ3) is 8.40. The molecule has 2 aromatic heterocycles. The molecule has 9 aromatic rings. The van der Waals surface area contributed by atoms with Gasteiger partial charge in [0.15, 0.2) is 0 Å². The van der Waals surface area contributed by atoms with Crippen LogP contribution in [0.15, 0.2) is 158 Å². The molecule has 0 aliphatic carbocycles. The molecule has 9 rings (SSSR count). The third-order valence-electron chi connectivity index (χ3n) is 12.0. The zero-order valence-electron chi connectivity index (χ0n) is 40.6. The second-order valence-corrected chi connectivity index (χ2v) is 18.7. The summed E-state index contributed by atoms with van der Waals surface area (Å²) in [5, 5.41) is 11.8. The topological polar surface area (TPSA) is 50.9 Å². The molecular weight excluding hydrogens is 962 g/mol. The van der Waals surface area contributed by atoms with Gasteiger partial charge in [-0.15, -0.1) is 29.3 Å². The van der Waals surface area contributed by atoms with E-state index in [1.54, 1.807) is 0 Å². The van der Waals surface area contributed by atoms with Crippen LogP contribution in [0.3, 0.4) is 0 Å². The minimum Gasteiger partial charge on any atom is -0.507 e. The van der Waals surface area contributed by atoms with Crippen molar-refractivity contribution in [2.75, 3.05) is 0 Å². The Bertz CT molecular complexity index is 3290. The van der Waals surface area contributed by atoms with Gasteiger partial charge >= 0.3 is 0 Å². The number of rotatable bonds is 7. The summed E-state index contributed by atoms with van der Waals surface area (Å²) in [4.78, 5) is 10.3. The van der Waals surface area contributed by atoms with Gasteiger partial charge < -0.3 is 5.11 Å². The van der Waals surface area contributed by atoms with Gasteiger partial charge in [-0.1, -0.05) is 162 Å². The molecule has 0 saturated carbocycles. The van der Waals surface area contributed by atoms with E-state index in [9.17, 15) is 5.11 Å². The normalized spacial score (nSPS) is 12.7. The van der Waals surface area contributed by atoms with E-state index in [-0.39, 0.29) is 43.2 Å². The molecular formula is C59H54N3OPt-. The number of hydrogen-bond acceptors (Lipinski definition) is 3. The largest absolute Gasteiger partial charge is 0.507 e. The number of pyridine rings is 1. The van der Waals surface area contributed by atoms with Crippen molar-refractivity contribution in [1.29, 1.82) is 0 Å². The molecule has 0 spiro atoms. The van der Waals surface area contributed by atoms with E-state index in [1.165, 1.54) is 0 Å². The Morgan fingerprint density at radius 3 is 1.98 bits per heavy atom. The SMILES string of the molecule is [2H]C([2H])([2H])c1cc(-c2c(-c3ccccc3)cccc2C(C)(C)C)ccc1-n1c(-c2cc(C)cc(C)c2O)nc2c(-c3[c-]c(-c4cc(-c5ccccc5)ccn4)cc(C(C)(C)C)c3)cccc21.[Pt]. The maximum atomic E-state index is 11.8. The molecule has 0 aliphatic heterocycles. The maximum Gasteiger partial charge on any atom is 0.148 e. The second kappa shape index (κ2) is 17.3. The number of nitrogens with zero attached hydrogens (tertiary/aromatic N) is 3. The van der Waals surface area contributed by atoms with Gasteiger partial charge in [-0.3, -0.25) is 9.55 Å². The van der Waals surface area contributed by atoms with Crippen molar-refractivity contribution < 1.29 is 30.3 Å². The minimum atomic E-state index is -2.53. The number of imidazole rings is 1. The maximum absolute atomic E-state index is 11.8. The molecule has 0 amide bonds. The number of fused-ring (bicyclic) bond motifs is 1. The van der Waals surface area contributed by atoms with Crippen LogP contribution < -0.4 is 0 Å². The molecule has 0 aliphatic rings. The molecule has 7 aromatic carbocycles. The van der Waals surface area contributed by atoms with Crippen LogP contribution in [0.25, 0.3) is 83.9 Å². The summed E-state index contributed by atoms with van der Waals surface area (Å²) in [5.41, 5.74) is 15.2. The van der Waals surface area contributed by atoms with E-state index >= 15 is 0 Å². The first kappa shape index (κ1) is 40.4. The number of benzene rings is 7. The quantitative estimate of drug-likeness (QED) is 0.162. The monoisotopic (exact) mass is 1020 g/mol. The van der Waals surface area contributed by atoms with Crippen LogP contribution in [0.4, 0.5) is 0 Å². The summed E-state index contributed by atoms with van der Waals surface area (Å²) in [6.07, 6.45) is 1.85. The molecule has 2 heterocycles. The van der Waals surface area contributed by atoms with Crippen LogP contribution in [0.1, 0.15) is 73.5 Å². The fraction of sp³-hybridized carbons (Fsp3) is 0.186. The van der Waals surface area contributed by atoms with Gasteiger partial charge in [0.2, 0.25) is 0 Å². The molecule has 4 nitrogen and oxygen atoms in total. The van der Waals surface area contributed by atoms with E-state index < -0.39 is 6.85 Å². The summed E-state index contributed by atoms with van der Waals surface area (Å²) in [6, 6.07) is 54.7. The van der Waals surface area contributed by atoms with Gasteiger partial charge in [-0.05, 0) is 117 Å². The van der Waals surface area contributed by atoms with E-state index in [0.29, 0.717) is 33.7 Å². The van der Waals surface area contributed by atoms with Crippen LogP contribution in [0.2, 0.25) is 0 Å². The summed E-state index contributed by atoms with van der Waals surface area (Å²) < 4.78 is 29.3. The number of aryl methyl sites for hydroxylation is 3. The molecule has 64 heavy (non-hydrogen) atoms. The van der Waals surface area contributed by atoms with Crippen molar-refractivity contribution in [1.82, 2.24) is 14.5 Å². The molecule has 0 atom stereocenters. The Morgan fingerprint density at radius 1 is 0.594 bits per heavy atom. The number of hydrogen-bond donors (Lipinski definition) is 1. The van der Waals surface area contributed by atoms with Gasteiger partial charge in [0.05, 0.1) is 22.3 Å². The fourth-order valence-electron chi connectivity index (χ4n) is 8.78. The molecule has 0 unspecified atom stereocenters. The standard InChI is InChI=1S/C59H54N3O.Pt/c1-37-30-39(3)56(63)49(31-37)57-61-55-48(44-33-45(35-46(34-44)58(4,5)6)51-36-42(28-29-60-51)40-18-12-10-13-19-40)23-17-25-53(55)62(57)52-27-26-43(32-38(52)2)54-47(41-20-14-11-15-21-41)22-16-24-50(54)59(7,8)9;/h10-32,34-36,63H,1-9H3;/q-1;/i2D3;. The number of aromatic nitrogens is 3. The zero-order valence-corrected chi connectivity index (χ0v) is 39.9. The van der Waals surface area contributed by atoms with Crippen molar-refractivity contribution >= 4 is 11.0 Å². The summed E-state index contributed by atoms with van der Waals surface area (Å²) >= 11 is 0. The van der Waals surface area contributed by atoms with Crippen LogP contribution in [-0.2, 0) is 31.9 Å². The van der Waals surface area contributed by atoms with Gasteiger partial charge in [-0.2, -0.15) is 0 Å². The minimum absolute atomic E-state index is 0. The predicted octanol–water partition coefficient (Wildman–Crippen LogP) is 15.4. The van der Waals surface area contributed by atoms with E-state index in [2.05, 4.69) is 108 Å². The van der Waals surface area contributed by atoms with Crippen molar-refractivity contribution in [3.63, 3.8) is 0 Å². The molecule has 0 bridgehead atoms. The van der Waals surface area contributed by atoms with Crippen LogP contribution in [0.5, 0.6) is 5.75 Å². The van der Waals surface area contributed by atoms with Crippen LogP contribution in [0, 0.1) is 26.8 Å². The Morgan fingerprint density at radius 2 is 1.28 bits per heavy atom. The predicted molar refractivity (Wildman–Crippen MR) is 264 cm³/mol. The molecule has 322 valence electrons. The first-order valence-corrected chi connectivity index (χ1v) is 21.6. The smallest absolute Gasteiger partial charge is 0.148 e.